The summed E-state index contributed by atoms with van der Waals surface area (Å²) in [6.07, 6.45) is 1.16. The third-order valence-electron chi connectivity index (χ3n) is 2.83. The van der Waals surface area contributed by atoms with Crippen LogP contribution in [-0.4, -0.2) is 33.9 Å². The maximum atomic E-state index is 5.13. The molecular weight excluding hydrogens is 292 g/mol. The van der Waals surface area contributed by atoms with Gasteiger partial charge in [-0.15, -0.1) is 0 Å². The lowest BCUT2D eigenvalue weighted by molar-refractivity contribution is 0.206. The molecule has 0 amide bonds. The van der Waals surface area contributed by atoms with Gasteiger partial charge in [0.15, 0.2) is 0 Å². The molecule has 18 heavy (non-hydrogen) atoms. The van der Waals surface area contributed by atoms with E-state index in [1.165, 1.54) is 11.3 Å². The number of benzene rings is 1. The summed E-state index contributed by atoms with van der Waals surface area (Å²) in [6, 6.07) is 6.43. The average Bonchev–Trinajstić information content (AvgIpc) is 2.38. The first-order valence-electron chi connectivity index (χ1n) is 6.38. The summed E-state index contributed by atoms with van der Waals surface area (Å²) >= 11 is 3.54. The quantitative estimate of drug-likeness (QED) is 0.746. The van der Waals surface area contributed by atoms with Gasteiger partial charge in [0.25, 0.3) is 0 Å². The monoisotopic (exact) mass is 314 g/mol. The zero-order valence-corrected chi connectivity index (χ0v) is 13.1. The number of nitrogens with one attached hydrogen (secondary N) is 1. The van der Waals surface area contributed by atoms with Crippen LogP contribution in [0.1, 0.15) is 18.9 Å². The summed E-state index contributed by atoms with van der Waals surface area (Å²) in [4.78, 5) is 2.23. The molecule has 0 radical (unpaired) electrons. The van der Waals surface area contributed by atoms with E-state index in [1.54, 1.807) is 7.11 Å². The minimum atomic E-state index is 0.741. The molecule has 0 spiro atoms. The first-order chi connectivity index (χ1) is 8.69. The van der Waals surface area contributed by atoms with Crippen LogP contribution in [0.2, 0.25) is 0 Å². The van der Waals surface area contributed by atoms with Crippen molar-refractivity contribution < 1.29 is 4.74 Å². The summed E-state index contributed by atoms with van der Waals surface area (Å²) in [5.41, 5.74) is 2.58. The van der Waals surface area contributed by atoms with E-state index >= 15 is 0 Å². The average molecular weight is 315 g/mol. The zero-order valence-electron chi connectivity index (χ0n) is 11.5. The molecule has 0 aliphatic rings. The lowest BCUT2D eigenvalue weighted by Gasteiger charge is -2.22. The summed E-state index contributed by atoms with van der Waals surface area (Å²) in [5.74, 6) is 0. The van der Waals surface area contributed by atoms with Crippen molar-refractivity contribution in [3.05, 3.63) is 28.2 Å². The lowest BCUT2D eigenvalue weighted by atomic mass is 10.1. The van der Waals surface area contributed by atoms with Crippen molar-refractivity contribution in [2.24, 2.45) is 0 Å². The van der Waals surface area contributed by atoms with Gasteiger partial charge < -0.3 is 15.0 Å². The fourth-order valence-electron chi connectivity index (χ4n) is 1.79. The molecule has 0 aliphatic carbocycles. The summed E-state index contributed by atoms with van der Waals surface area (Å²) in [7, 11) is 3.84. The molecule has 0 bridgehead atoms. The number of likely N-dealkylation sites (N-methyl/N-ethyl adjacent to an activating group) is 1. The molecule has 0 saturated heterocycles. The minimum Gasteiger partial charge on any atom is -0.383 e. The van der Waals surface area contributed by atoms with Gasteiger partial charge in [0.1, 0.15) is 0 Å². The Morgan fingerprint density at radius 3 is 2.83 bits per heavy atom. The van der Waals surface area contributed by atoms with Crippen LogP contribution in [0.3, 0.4) is 0 Å². The molecule has 1 rings (SSSR count). The van der Waals surface area contributed by atoms with Crippen LogP contribution >= 0.6 is 15.9 Å². The van der Waals surface area contributed by atoms with Gasteiger partial charge in [-0.05, 0) is 30.7 Å². The van der Waals surface area contributed by atoms with Gasteiger partial charge in [0.05, 0.1) is 6.61 Å². The first kappa shape index (κ1) is 15.5. The molecule has 0 heterocycles. The highest BCUT2D eigenvalue weighted by Crippen LogP contribution is 2.24. The van der Waals surface area contributed by atoms with E-state index in [2.05, 4.69) is 58.3 Å². The van der Waals surface area contributed by atoms with E-state index in [4.69, 9.17) is 4.74 Å². The number of hydrogen-bond donors (Lipinski definition) is 1. The minimum absolute atomic E-state index is 0.741. The normalized spacial score (nSPS) is 10.7. The van der Waals surface area contributed by atoms with Crippen molar-refractivity contribution in [1.29, 1.82) is 0 Å². The standard InChI is InChI=1S/C14H23BrN2O/c1-4-7-16-11-12-5-6-13(15)10-14(12)17(2)8-9-18-3/h5-6,10,16H,4,7-9,11H2,1-3H3. The van der Waals surface area contributed by atoms with E-state index in [1.807, 2.05) is 0 Å². The number of nitrogens with zero attached hydrogens (tertiary/aromatic N) is 1. The van der Waals surface area contributed by atoms with Crippen molar-refractivity contribution >= 4 is 21.6 Å². The van der Waals surface area contributed by atoms with E-state index in [-0.39, 0.29) is 0 Å². The molecule has 1 aromatic rings. The molecule has 0 atom stereocenters. The van der Waals surface area contributed by atoms with Crippen molar-refractivity contribution in [3.8, 4) is 0 Å². The van der Waals surface area contributed by atoms with Crippen LogP contribution in [0, 0.1) is 0 Å². The number of ether oxygens (including phenoxy) is 1. The van der Waals surface area contributed by atoms with Crippen LogP contribution in [-0.2, 0) is 11.3 Å². The third-order valence-corrected chi connectivity index (χ3v) is 3.32. The van der Waals surface area contributed by atoms with E-state index < -0.39 is 0 Å². The molecular formula is C14H23BrN2O. The summed E-state index contributed by atoms with van der Waals surface area (Å²) in [6.45, 7) is 5.78. The largest absolute Gasteiger partial charge is 0.383 e. The van der Waals surface area contributed by atoms with Crippen molar-refractivity contribution in [2.45, 2.75) is 19.9 Å². The van der Waals surface area contributed by atoms with E-state index in [0.717, 1.165) is 37.1 Å². The molecule has 0 saturated carbocycles. The SMILES string of the molecule is CCCNCc1ccc(Br)cc1N(C)CCOC. The second-order valence-electron chi connectivity index (χ2n) is 4.36. The highest BCUT2D eigenvalue weighted by atomic mass is 79.9. The predicted molar refractivity (Wildman–Crippen MR) is 81.3 cm³/mol. The highest BCUT2D eigenvalue weighted by molar-refractivity contribution is 9.10. The molecule has 3 nitrogen and oxygen atoms in total. The second-order valence-corrected chi connectivity index (χ2v) is 5.28. The van der Waals surface area contributed by atoms with Gasteiger partial charge in [0, 0.05) is 37.4 Å². The Balaban J connectivity index is 2.75. The van der Waals surface area contributed by atoms with Crippen LogP contribution in [0.4, 0.5) is 5.69 Å². The van der Waals surface area contributed by atoms with Gasteiger partial charge in [-0.3, -0.25) is 0 Å². The van der Waals surface area contributed by atoms with E-state index in [0.29, 0.717) is 0 Å². The molecule has 0 unspecified atom stereocenters. The van der Waals surface area contributed by atoms with E-state index in [9.17, 15) is 0 Å². The number of methoxy groups -OCH3 is 1. The molecule has 0 aliphatic heterocycles. The summed E-state index contributed by atoms with van der Waals surface area (Å²) < 4.78 is 6.25. The van der Waals surface area contributed by atoms with Gasteiger partial charge in [-0.25, -0.2) is 0 Å². The maximum absolute atomic E-state index is 5.13. The number of rotatable bonds is 8. The Bertz CT molecular complexity index is 358. The fraction of sp³-hybridized carbons (Fsp3) is 0.571. The molecule has 1 aromatic carbocycles. The molecule has 102 valence electrons. The molecule has 4 heteroatoms. The smallest absolute Gasteiger partial charge is 0.0637 e. The number of hydrogen-bond acceptors (Lipinski definition) is 3. The van der Waals surface area contributed by atoms with Crippen LogP contribution in [0.15, 0.2) is 22.7 Å². The Kier molecular flexibility index (Phi) is 7.32. The fourth-order valence-corrected chi connectivity index (χ4v) is 2.14. The van der Waals surface area contributed by atoms with Crippen LogP contribution in [0.25, 0.3) is 0 Å². The third kappa shape index (κ3) is 4.96. The van der Waals surface area contributed by atoms with Crippen molar-refractivity contribution in [1.82, 2.24) is 5.32 Å². The molecule has 0 fully saturated rings. The molecule has 1 N–H and O–H groups in total. The van der Waals surface area contributed by atoms with Gasteiger partial charge in [-0.2, -0.15) is 0 Å². The van der Waals surface area contributed by atoms with Crippen molar-refractivity contribution in [2.75, 3.05) is 38.8 Å². The number of halogens is 1. The second kappa shape index (κ2) is 8.51. The first-order valence-corrected chi connectivity index (χ1v) is 7.17. The van der Waals surface area contributed by atoms with Gasteiger partial charge >= 0.3 is 0 Å². The van der Waals surface area contributed by atoms with Crippen molar-refractivity contribution in [3.63, 3.8) is 0 Å². The van der Waals surface area contributed by atoms with Gasteiger partial charge in [0.2, 0.25) is 0 Å². The van der Waals surface area contributed by atoms with Crippen LogP contribution < -0.4 is 10.2 Å². The Morgan fingerprint density at radius 1 is 1.39 bits per heavy atom. The lowest BCUT2D eigenvalue weighted by Crippen LogP contribution is -2.24. The van der Waals surface area contributed by atoms with Crippen LogP contribution in [0.5, 0.6) is 0 Å². The topological polar surface area (TPSA) is 24.5 Å². The Morgan fingerprint density at radius 2 is 2.17 bits per heavy atom. The predicted octanol–water partition coefficient (Wildman–Crippen LogP) is 3.03. The number of anilines is 1. The Labute approximate surface area is 119 Å². The Hall–Kier alpha value is -0.580. The zero-order chi connectivity index (χ0) is 13.4. The van der Waals surface area contributed by atoms with Gasteiger partial charge in [-0.1, -0.05) is 28.9 Å². The maximum Gasteiger partial charge on any atom is 0.0637 e. The molecule has 0 aromatic heterocycles. The summed E-state index contributed by atoms with van der Waals surface area (Å²) in [5, 5.41) is 3.45. The highest BCUT2D eigenvalue weighted by Gasteiger charge is 2.07.